The number of hydrogen-bond acceptors (Lipinski definition) is 9. The van der Waals surface area contributed by atoms with E-state index in [-0.39, 0.29) is 11.1 Å². The van der Waals surface area contributed by atoms with Gasteiger partial charge in [0.15, 0.2) is 11.2 Å². The average molecular weight is 611 g/mol. The van der Waals surface area contributed by atoms with Gasteiger partial charge in [0.1, 0.15) is 22.4 Å². The van der Waals surface area contributed by atoms with E-state index in [9.17, 15) is 19.2 Å². The molecule has 240 valence electrons. The second kappa shape index (κ2) is 12.5. The van der Waals surface area contributed by atoms with Crippen molar-refractivity contribution < 1.29 is 42.9 Å². The van der Waals surface area contributed by atoms with Crippen molar-refractivity contribution in [1.82, 2.24) is 0 Å². The number of ketones is 1. The molecule has 0 saturated heterocycles. The van der Waals surface area contributed by atoms with Gasteiger partial charge in [0.25, 0.3) is 0 Å². The van der Waals surface area contributed by atoms with Gasteiger partial charge in [0, 0.05) is 0 Å². The third kappa shape index (κ3) is 8.12. The molecule has 2 aromatic carbocycles. The van der Waals surface area contributed by atoms with E-state index in [4.69, 9.17) is 18.9 Å². The first-order valence-electron chi connectivity index (χ1n) is 14.5. The van der Waals surface area contributed by atoms with Crippen LogP contribution >= 0.6 is 0 Å². The van der Waals surface area contributed by atoms with Gasteiger partial charge in [0.05, 0.1) is 0 Å². The Morgan fingerprint density at radius 3 is 0.909 bits per heavy atom. The highest BCUT2D eigenvalue weighted by Gasteiger charge is 2.72. The Labute approximate surface area is 260 Å². The largest absolute Gasteiger partial charge is 0.459 e. The molecule has 0 aliphatic carbocycles. The second-order valence-corrected chi connectivity index (χ2v) is 14.6. The van der Waals surface area contributed by atoms with Crippen molar-refractivity contribution in [2.45, 2.75) is 111 Å². The van der Waals surface area contributed by atoms with Crippen LogP contribution < -0.4 is 0 Å². The molecule has 44 heavy (non-hydrogen) atoms. The van der Waals surface area contributed by atoms with Gasteiger partial charge in [-0.15, -0.1) is 0 Å². The van der Waals surface area contributed by atoms with Crippen LogP contribution in [0, 0.1) is 5.41 Å². The maximum Gasteiger partial charge on any atom is 0.343 e. The van der Waals surface area contributed by atoms with E-state index in [1.54, 1.807) is 57.2 Å². The third-order valence-electron chi connectivity index (χ3n) is 5.92. The Bertz CT molecular complexity index is 1250. The molecule has 0 aromatic heterocycles. The number of Topliss-reactive ketones (excluding diaryl/α,β-unsaturated/α-hetero) is 1. The Morgan fingerprint density at radius 1 is 0.409 bits per heavy atom. The zero-order valence-corrected chi connectivity index (χ0v) is 27.9. The molecule has 0 fully saturated rings. The van der Waals surface area contributed by atoms with Crippen molar-refractivity contribution in [2.75, 3.05) is 0 Å². The predicted molar refractivity (Wildman–Crippen MR) is 164 cm³/mol. The van der Waals surface area contributed by atoms with Crippen molar-refractivity contribution in [3.8, 4) is 0 Å². The van der Waals surface area contributed by atoms with Gasteiger partial charge < -0.3 is 18.9 Å². The van der Waals surface area contributed by atoms with Crippen LogP contribution in [-0.2, 0) is 48.3 Å². The lowest BCUT2D eigenvalue weighted by Gasteiger charge is -2.40. The summed E-state index contributed by atoms with van der Waals surface area (Å²) < 4.78 is 22.7. The van der Waals surface area contributed by atoms with Crippen molar-refractivity contribution in [3.05, 3.63) is 71.8 Å². The molecule has 9 heteroatoms. The molecule has 0 saturated carbocycles. The molecule has 2 aromatic rings. The minimum absolute atomic E-state index is 0.0468. The summed E-state index contributed by atoms with van der Waals surface area (Å²) in [6.45, 7) is 18.5. The predicted octanol–water partition coefficient (Wildman–Crippen LogP) is 5.90. The minimum atomic E-state index is -3.42. The maximum atomic E-state index is 15.6. The van der Waals surface area contributed by atoms with E-state index < -0.39 is 62.9 Å². The van der Waals surface area contributed by atoms with Crippen LogP contribution in [-0.4, -0.2) is 52.1 Å². The van der Waals surface area contributed by atoms with Crippen molar-refractivity contribution in [1.29, 1.82) is 0 Å². The number of benzene rings is 2. The van der Waals surface area contributed by atoms with Gasteiger partial charge in [-0.25, -0.2) is 14.4 Å². The molecule has 0 amide bonds. The number of carbonyl (C=O) groups is 5. The lowest BCUT2D eigenvalue weighted by Crippen LogP contribution is -2.65. The third-order valence-corrected chi connectivity index (χ3v) is 5.92. The fraction of sp³-hybridized carbons (Fsp3) is 0.514. The Morgan fingerprint density at radius 2 is 0.659 bits per heavy atom. The number of carbonyl (C=O) groups excluding carboxylic acids is 5. The summed E-state index contributed by atoms with van der Waals surface area (Å²) in [5.74, 6) is -7.20. The van der Waals surface area contributed by atoms with Crippen molar-refractivity contribution in [2.24, 2.45) is 5.41 Å². The van der Waals surface area contributed by atoms with Crippen LogP contribution in [0.25, 0.3) is 0 Å². The molecule has 0 radical (unpaired) electrons. The zero-order valence-electron chi connectivity index (χ0n) is 27.9. The smallest absolute Gasteiger partial charge is 0.343 e. The van der Waals surface area contributed by atoms with E-state index in [1.807, 2.05) is 0 Å². The molecule has 0 N–H and O–H groups in total. The highest BCUT2D eigenvalue weighted by molar-refractivity contribution is 6.40. The van der Waals surface area contributed by atoms with E-state index >= 15 is 4.79 Å². The van der Waals surface area contributed by atoms with Gasteiger partial charge in [-0.2, -0.15) is 0 Å². The molecule has 2 rings (SSSR count). The number of hydrogen-bond donors (Lipinski definition) is 0. The minimum Gasteiger partial charge on any atom is -0.459 e. The average Bonchev–Trinajstić information content (AvgIpc) is 2.82. The summed E-state index contributed by atoms with van der Waals surface area (Å²) in [7, 11) is 0. The fourth-order valence-corrected chi connectivity index (χ4v) is 4.36. The molecule has 0 atom stereocenters. The molecular formula is C35H46O9. The first-order valence-corrected chi connectivity index (χ1v) is 14.5. The monoisotopic (exact) mass is 610 g/mol. The van der Waals surface area contributed by atoms with Gasteiger partial charge in [-0.1, -0.05) is 60.7 Å². The van der Waals surface area contributed by atoms with Gasteiger partial charge in [-0.05, 0) is 94.2 Å². The molecule has 0 spiro atoms. The molecule has 9 nitrogen and oxygen atoms in total. The van der Waals surface area contributed by atoms with Gasteiger partial charge >= 0.3 is 29.3 Å². The normalized spacial score (nSPS) is 13.0. The SMILES string of the molecule is CC(C)(C)OC(=O)C(C(=O)OC(C)(C)C)(C(=O)OC(C)(C)C)C(=O)C(C(=O)OC(C)(C)C)(c1ccccc1)c1ccccc1. The fourth-order valence-electron chi connectivity index (χ4n) is 4.36. The highest BCUT2D eigenvalue weighted by atomic mass is 16.6. The zero-order chi connectivity index (χ0) is 33.9. The molecule has 0 aliphatic rings. The van der Waals surface area contributed by atoms with Crippen LogP contribution in [0.3, 0.4) is 0 Å². The molecular weight excluding hydrogens is 564 g/mol. The summed E-state index contributed by atoms with van der Waals surface area (Å²) in [4.78, 5) is 73.4. The van der Waals surface area contributed by atoms with E-state index in [1.165, 1.54) is 86.6 Å². The van der Waals surface area contributed by atoms with E-state index in [0.717, 1.165) is 0 Å². The van der Waals surface area contributed by atoms with Crippen LogP contribution in [0.1, 0.15) is 94.2 Å². The van der Waals surface area contributed by atoms with Crippen molar-refractivity contribution in [3.63, 3.8) is 0 Å². The number of esters is 4. The second-order valence-electron chi connectivity index (χ2n) is 14.6. The summed E-state index contributed by atoms with van der Waals surface area (Å²) in [6.07, 6.45) is 0. The van der Waals surface area contributed by atoms with Crippen LogP contribution in [0.5, 0.6) is 0 Å². The standard InChI is InChI=1S/C35H46O9/c1-30(2,3)41-26(37)34(23-19-15-13-16-20-23,24-21-17-14-18-22-24)25(36)35(27(38)42-31(4,5)6,28(39)43-32(7,8)9)29(40)44-33(10,11)12/h13-22H,1-12H3. The first kappa shape index (κ1) is 36.2. The molecule has 0 aliphatic heterocycles. The van der Waals surface area contributed by atoms with Crippen LogP contribution in [0.4, 0.5) is 0 Å². The summed E-state index contributed by atoms with van der Waals surface area (Å²) in [5.41, 5.74) is -10.8. The quantitative estimate of drug-likeness (QED) is 0.204. The lowest BCUT2D eigenvalue weighted by atomic mass is 9.62. The van der Waals surface area contributed by atoms with Gasteiger partial charge in [0.2, 0.25) is 0 Å². The topological polar surface area (TPSA) is 122 Å². The Kier molecular flexibility index (Phi) is 10.3. The summed E-state index contributed by atoms with van der Waals surface area (Å²) in [5, 5.41) is 0. The van der Waals surface area contributed by atoms with E-state index in [2.05, 4.69) is 0 Å². The van der Waals surface area contributed by atoms with Crippen LogP contribution in [0.2, 0.25) is 0 Å². The summed E-state index contributed by atoms with van der Waals surface area (Å²) in [6, 6.07) is 15.6. The van der Waals surface area contributed by atoms with Crippen molar-refractivity contribution >= 4 is 29.7 Å². The molecule has 0 unspecified atom stereocenters. The Hall–Kier alpha value is -4.01. The molecule has 0 heterocycles. The lowest BCUT2D eigenvalue weighted by molar-refractivity contribution is -0.198. The van der Waals surface area contributed by atoms with E-state index in [0.29, 0.717) is 0 Å². The maximum absolute atomic E-state index is 15.6. The molecule has 0 bridgehead atoms. The number of ether oxygens (including phenoxy) is 4. The number of rotatable bonds is 8. The highest BCUT2D eigenvalue weighted by Crippen LogP contribution is 2.45. The summed E-state index contributed by atoms with van der Waals surface area (Å²) >= 11 is 0. The first-order chi connectivity index (χ1) is 19.9. The Balaban J connectivity index is 3.27. The van der Waals surface area contributed by atoms with Crippen LogP contribution in [0.15, 0.2) is 60.7 Å². The van der Waals surface area contributed by atoms with Gasteiger partial charge in [-0.3, -0.25) is 9.59 Å².